The Morgan fingerprint density at radius 3 is 2.42 bits per heavy atom. The van der Waals surface area contributed by atoms with Crippen LogP contribution in [0.2, 0.25) is 0 Å². The molecule has 0 bridgehead atoms. The van der Waals surface area contributed by atoms with Crippen molar-refractivity contribution in [2.45, 2.75) is 45.4 Å². The Bertz CT molecular complexity index is 488. The van der Waals surface area contributed by atoms with Crippen molar-refractivity contribution in [3.8, 4) is 5.75 Å². The normalized spacial score (nSPS) is 10.2. The maximum atomic E-state index is 11.8. The largest absolute Gasteiger partial charge is 0.494 e. The first-order chi connectivity index (χ1) is 11.7. The lowest BCUT2D eigenvalue weighted by molar-refractivity contribution is -0.136. The van der Waals surface area contributed by atoms with Gasteiger partial charge in [-0.05, 0) is 49.9 Å². The molecule has 134 valence electrons. The van der Waals surface area contributed by atoms with Crippen LogP contribution in [-0.2, 0) is 9.59 Å². The van der Waals surface area contributed by atoms with Crippen molar-refractivity contribution in [2.75, 3.05) is 25.1 Å². The van der Waals surface area contributed by atoms with Crippen molar-refractivity contribution in [3.05, 3.63) is 24.3 Å². The fourth-order valence-electron chi connectivity index (χ4n) is 2.06. The van der Waals surface area contributed by atoms with Crippen LogP contribution in [0.25, 0.3) is 0 Å². The molecule has 0 fully saturated rings. The number of carbonyl (C=O) groups excluding carboxylic acids is 2. The summed E-state index contributed by atoms with van der Waals surface area (Å²) in [6.07, 6.45) is 5.57. The molecule has 0 aliphatic rings. The molecule has 0 heterocycles. The Morgan fingerprint density at radius 1 is 1.00 bits per heavy atom. The molecule has 0 saturated carbocycles. The standard InChI is InChI=1S/C18H28N2O4/c1-2-3-7-14-24-16-10-8-15(9-11-16)20-18(23)17(22)19-12-5-4-6-13-21/h8-11,21H,2-7,12-14H2,1H3,(H,19,22)(H,20,23). The first kappa shape index (κ1) is 20.0. The van der Waals surface area contributed by atoms with Crippen LogP contribution in [0.1, 0.15) is 45.4 Å². The lowest BCUT2D eigenvalue weighted by Crippen LogP contribution is -2.35. The highest BCUT2D eigenvalue weighted by Gasteiger charge is 2.12. The lowest BCUT2D eigenvalue weighted by atomic mass is 10.2. The highest BCUT2D eigenvalue weighted by molar-refractivity contribution is 6.39. The summed E-state index contributed by atoms with van der Waals surface area (Å²) in [5, 5.41) is 13.8. The number of anilines is 1. The van der Waals surface area contributed by atoms with E-state index in [0.717, 1.165) is 37.9 Å². The third-order valence-electron chi connectivity index (χ3n) is 3.46. The summed E-state index contributed by atoms with van der Waals surface area (Å²) in [5.74, 6) is -0.593. The van der Waals surface area contributed by atoms with Crippen LogP contribution in [0.3, 0.4) is 0 Å². The van der Waals surface area contributed by atoms with Crippen molar-refractivity contribution in [3.63, 3.8) is 0 Å². The number of hydrogen-bond acceptors (Lipinski definition) is 4. The van der Waals surface area contributed by atoms with Crippen LogP contribution < -0.4 is 15.4 Å². The molecule has 24 heavy (non-hydrogen) atoms. The highest BCUT2D eigenvalue weighted by Crippen LogP contribution is 2.16. The van der Waals surface area contributed by atoms with Gasteiger partial charge in [-0.3, -0.25) is 9.59 Å². The van der Waals surface area contributed by atoms with Gasteiger partial charge in [0.2, 0.25) is 0 Å². The van der Waals surface area contributed by atoms with Crippen LogP contribution in [0.15, 0.2) is 24.3 Å². The molecular weight excluding hydrogens is 308 g/mol. The van der Waals surface area contributed by atoms with Gasteiger partial charge in [0.25, 0.3) is 0 Å². The molecule has 0 radical (unpaired) electrons. The summed E-state index contributed by atoms with van der Waals surface area (Å²) >= 11 is 0. The molecular formula is C18H28N2O4. The summed E-state index contributed by atoms with van der Waals surface area (Å²) in [7, 11) is 0. The minimum Gasteiger partial charge on any atom is -0.494 e. The Hall–Kier alpha value is -2.08. The zero-order valence-electron chi connectivity index (χ0n) is 14.3. The van der Waals surface area contributed by atoms with E-state index in [4.69, 9.17) is 9.84 Å². The molecule has 6 nitrogen and oxygen atoms in total. The summed E-state index contributed by atoms with van der Waals surface area (Å²) in [4.78, 5) is 23.4. The van der Waals surface area contributed by atoms with Gasteiger partial charge in [-0.15, -0.1) is 0 Å². The van der Waals surface area contributed by atoms with Crippen molar-refractivity contribution in [2.24, 2.45) is 0 Å². The van der Waals surface area contributed by atoms with Gasteiger partial charge in [0.1, 0.15) is 5.75 Å². The molecule has 0 aliphatic carbocycles. The van der Waals surface area contributed by atoms with Crippen molar-refractivity contribution < 1.29 is 19.4 Å². The average molecular weight is 336 g/mol. The number of carbonyl (C=O) groups is 2. The van der Waals surface area contributed by atoms with Gasteiger partial charge in [0, 0.05) is 18.8 Å². The number of aliphatic hydroxyl groups is 1. The third-order valence-corrected chi connectivity index (χ3v) is 3.46. The van der Waals surface area contributed by atoms with Gasteiger partial charge >= 0.3 is 11.8 Å². The van der Waals surface area contributed by atoms with Crippen LogP contribution in [0, 0.1) is 0 Å². The van der Waals surface area contributed by atoms with Crippen LogP contribution in [0.4, 0.5) is 5.69 Å². The molecule has 0 atom stereocenters. The summed E-state index contributed by atoms with van der Waals surface area (Å²) in [6, 6.07) is 6.96. The Morgan fingerprint density at radius 2 is 1.75 bits per heavy atom. The fourth-order valence-corrected chi connectivity index (χ4v) is 2.06. The number of rotatable bonds is 11. The van der Waals surface area contributed by atoms with E-state index in [1.54, 1.807) is 24.3 Å². The Balaban J connectivity index is 2.29. The number of amides is 2. The van der Waals surface area contributed by atoms with E-state index >= 15 is 0 Å². The van der Waals surface area contributed by atoms with E-state index in [2.05, 4.69) is 17.6 Å². The number of unbranched alkanes of at least 4 members (excludes halogenated alkanes) is 4. The van der Waals surface area contributed by atoms with Crippen LogP contribution >= 0.6 is 0 Å². The zero-order chi connectivity index (χ0) is 17.6. The average Bonchev–Trinajstić information content (AvgIpc) is 2.59. The number of benzene rings is 1. The van der Waals surface area contributed by atoms with Gasteiger partial charge in [-0.2, -0.15) is 0 Å². The molecule has 2 amide bonds. The second kappa shape index (κ2) is 12.4. The predicted octanol–water partition coefficient (Wildman–Crippen LogP) is 2.47. The molecule has 6 heteroatoms. The lowest BCUT2D eigenvalue weighted by Gasteiger charge is -2.08. The molecule has 1 aromatic rings. The minimum atomic E-state index is -0.686. The molecule has 0 aromatic heterocycles. The van der Waals surface area contributed by atoms with E-state index in [-0.39, 0.29) is 6.61 Å². The van der Waals surface area contributed by atoms with Crippen molar-refractivity contribution in [1.82, 2.24) is 5.32 Å². The van der Waals surface area contributed by atoms with Gasteiger partial charge < -0.3 is 20.5 Å². The summed E-state index contributed by atoms with van der Waals surface area (Å²) in [6.45, 7) is 3.39. The van der Waals surface area contributed by atoms with E-state index < -0.39 is 11.8 Å². The van der Waals surface area contributed by atoms with E-state index in [1.807, 2.05) is 0 Å². The van der Waals surface area contributed by atoms with Gasteiger partial charge in [-0.25, -0.2) is 0 Å². The molecule has 0 aliphatic heterocycles. The van der Waals surface area contributed by atoms with Gasteiger partial charge in [-0.1, -0.05) is 19.8 Å². The second-order valence-electron chi connectivity index (χ2n) is 5.57. The number of nitrogens with one attached hydrogen (secondary N) is 2. The minimum absolute atomic E-state index is 0.146. The first-order valence-electron chi connectivity index (χ1n) is 8.60. The monoisotopic (exact) mass is 336 g/mol. The molecule has 1 rings (SSSR count). The van der Waals surface area contributed by atoms with E-state index in [0.29, 0.717) is 25.3 Å². The maximum Gasteiger partial charge on any atom is 0.313 e. The second-order valence-corrected chi connectivity index (χ2v) is 5.57. The Labute approximate surface area is 143 Å². The zero-order valence-corrected chi connectivity index (χ0v) is 14.3. The SMILES string of the molecule is CCCCCOc1ccc(NC(=O)C(=O)NCCCCCO)cc1. The molecule has 0 saturated heterocycles. The van der Waals surface area contributed by atoms with Gasteiger partial charge in [0.15, 0.2) is 0 Å². The van der Waals surface area contributed by atoms with E-state index in [9.17, 15) is 9.59 Å². The van der Waals surface area contributed by atoms with Crippen molar-refractivity contribution >= 4 is 17.5 Å². The fraction of sp³-hybridized carbons (Fsp3) is 0.556. The quantitative estimate of drug-likeness (QED) is 0.428. The molecule has 1 aromatic carbocycles. The third kappa shape index (κ3) is 8.53. The molecule has 3 N–H and O–H groups in total. The Kier molecular flexibility index (Phi) is 10.3. The topological polar surface area (TPSA) is 87.7 Å². The molecule has 0 spiro atoms. The van der Waals surface area contributed by atoms with E-state index in [1.165, 1.54) is 0 Å². The predicted molar refractivity (Wildman–Crippen MR) is 94.0 cm³/mol. The van der Waals surface area contributed by atoms with Gasteiger partial charge in [0.05, 0.1) is 6.61 Å². The maximum absolute atomic E-state index is 11.8. The molecule has 0 unspecified atom stereocenters. The highest BCUT2D eigenvalue weighted by atomic mass is 16.5. The van der Waals surface area contributed by atoms with Crippen LogP contribution in [0.5, 0.6) is 5.75 Å². The number of ether oxygens (including phenoxy) is 1. The van der Waals surface area contributed by atoms with Crippen molar-refractivity contribution in [1.29, 1.82) is 0 Å². The summed E-state index contributed by atoms with van der Waals surface area (Å²) < 4.78 is 5.59. The first-order valence-corrected chi connectivity index (χ1v) is 8.60. The smallest absolute Gasteiger partial charge is 0.313 e. The number of aliphatic hydroxyl groups excluding tert-OH is 1. The number of hydrogen-bond donors (Lipinski definition) is 3. The summed E-state index contributed by atoms with van der Waals surface area (Å²) in [5.41, 5.74) is 0.552. The van der Waals surface area contributed by atoms with Crippen LogP contribution in [-0.4, -0.2) is 36.7 Å².